The topological polar surface area (TPSA) is 37.3 Å². The highest BCUT2D eigenvalue weighted by molar-refractivity contribution is 5.74. The number of phenols is 1. The van der Waals surface area contributed by atoms with E-state index in [2.05, 4.69) is 20.8 Å². The lowest BCUT2D eigenvalue weighted by Gasteiger charge is -2.22. The molecule has 0 heterocycles. The van der Waals surface area contributed by atoms with Crippen molar-refractivity contribution in [2.75, 3.05) is 0 Å². The summed E-state index contributed by atoms with van der Waals surface area (Å²) in [4.78, 5) is 10.3. The lowest BCUT2D eigenvalue weighted by molar-refractivity contribution is -0.104. The van der Waals surface area contributed by atoms with E-state index in [4.69, 9.17) is 0 Å². The van der Waals surface area contributed by atoms with Gasteiger partial charge in [-0.3, -0.25) is 4.79 Å². The number of benzene rings is 1. The van der Waals surface area contributed by atoms with E-state index < -0.39 is 0 Å². The van der Waals surface area contributed by atoms with Crippen LogP contribution in [0.2, 0.25) is 0 Å². The van der Waals surface area contributed by atoms with Crippen molar-refractivity contribution < 1.29 is 9.90 Å². The van der Waals surface area contributed by atoms with Crippen LogP contribution in [-0.4, -0.2) is 11.4 Å². The summed E-state index contributed by atoms with van der Waals surface area (Å²) in [6.45, 7) is 8.01. The Balaban J connectivity index is 3.33. The highest BCUT2D eigenvalue weighted by atomic mass is 16.3. The molecule has 0 bridgehead atoms. The van der Waals surface area contributed by atoms with Crippen molar-refractivity contribution in [1.29, 1.82) is 0 Å². The van der Waals surface area contributed by atoms with Crippen molar-refractivity contribution in [3.05, 3.63) is 34.9 Å². The van der Waals surface area contributed by atoms with Crippen LogP contribution in [0.25, 0.3) is 6.08 Å². The van der Waals surface area contributed by atoms with E-state index in [1.54, 1.807) is 6.08 Å². The number of hydrogen-bond donors (Lipinski definition) is 1. The number of aromatic hydroxyl groups is 1. The van der Waals surface area contributed by atoms with Crippen LogP contribution < -0.4 is 0 Å². The van der Waals surface area contributed by atoms with Crippen LogP contribution in [0, 0.1) is 6.92 Å². The lowest BCUT2D eigenvalue weighted by atomic mass is 9.84. The molecule has 2 nitrogen and oxygen atoms in total. The molecule has 0 aliphatic rings. The number of hydrogen-bond acceptors (Lipinski definition) is 2. The Labute approximate surface area is 96.6 Å². The van der Waals surface area contributed by atoms with Crippen LogP contribution in [0.5, 0.6) is 5.75 Å². The second kappa shape index (κ2) is 4.52. The SMILES string of the molecule is Cc1cc(C=CC=O)cc(C(C)(C)C)c1O. The third-order valence-electron chi connectivity index (χ3n) is 2.50. The summed E-state index contributed by atoms with van der Waals surface area (Å²) in [6, 6.07) is 3.78. The molecule has 0 aliphatic carbocycles. The Hall–Kier alpha value is -1.57. The molecule has 0 atom stereocenters. The minimum atomic E-state index is -0.111. The first kappa shape index (κ1) is 12.5. The summed E-state index contributed by atoms with van der Waals surface area (Å²) in [6.07, 6.45) is 3.95. The summed E-state index contributed by atoms with van der Waals surface area (Å²) < 4.78 is 0. The van der Waals surface area contributed by atoms with Crippen LogP contribution >= 0.6 is 0 Å². The maximum Gasteiger partial charge on any atom is 0.142 e. The zero-order chi connectivity index (χ0) is 12.3. The Bertz CT molecular complexity index is 423. The highest BCUT2D eigenvalue weighted by Crippen LogP contribution is 2.34. The summed E-state index contributed by atoms with van der Waals surface area (Å²) in [5, 5.41) is 9.99. The van der Waals surface area contributed by atoms with E-state index in [9.17, 15) is 9.90 Å². The van der Waals surface area contributed by atoms with Gasteiger partial charge in [-0.1, -0.05) is 26.8 Å². The average Bonchev–Trinajstić information content (AvgIpc) is 2.17. The highest BCUT2D eigenvalue weighted by Gasteiger charge is 2.19. The van der Waals surface area contributed by atoms with Gasteiger partial charge < -0.3 is 5.11 Å². The number of phenolic OH excluding ortho intramolecular Hbond substituents is 1. The quantitative estimate of drug-likeness (QED) is 0.611. The number of rotatable bonds is 2. The third kappa shape index (κ3) is 2.72. The zero-order valence-electron chi connectivity index (χ0n) is 10.2. The van der Waals surface area contributed by atoms with E-state index in [1.807, 2.05) is 19.1 Å². The van der Waals surface area contributed by atoms with E-state index in [-0.39, 0.29) is 5.41 Å². The molecule has 16 heavy (non-hydrogen) atoms. The molecule has 1 aromatic rings. The van der Waals surface area contributed by atoms with Crippen molar-refractivity contribution in [2.24, 2.45) is 0 Å². The molecule has 0 aliphatic heterocycles. The fourth-order valence-corrected chi connectivity index (χ4v) is 1.63. The van der Waals surface area contributed by atoms with Gasteiger partial charge in [-0.2, -0.15) is 0 Å². The number of aryl methyl sites for hydroxylation is 1. The molecule has 86 valence electrons. The second-order valence-electron chi connectivity index (χ2n) is 4.98. The molecule has 0 saturated heterocycles. The van der Waals surface area contributed by atoms with Crippen LogP contribution in [0.3, 0.4) is 0 Å². The summed E-state index contributed by atoms with van der Waals surface area (Å²) in [5.41, 5.74) is 2.56. The molecular weight excluding hydrogens is 200 g/mol. The predicted octanol–water partition coefficient (Wildman–Crippen LogP) is 3.21. The Morgan fingerprint density at radius 1 is 1.25 bits per heavy atom. The van der Waals surface area contributed by atoms with Crippen molar-refractivity contribution in [3.63, 3.8) is 0 Å². The first-order valence-electron chi connectivity index (χ1n) is 5.32. The van der Waals surface area contributed by atoms with E-state index >= 15 is 0 Å². The smallest absolute Gasteiger partial charge is 0.142 e. The van der Waals surface area contributed by atoms with Gasteiger partial charge in [0.2, 0.25) is 0 Å². The first-order chi connectivity index (χ1) is 7.36. The van der Waals surface area contributed by atoms with Gasteiger partial charge in [0.05, 0.1) is 0 Å². The molecule has 0 aromatic heterocycles. The van der Waals surface area contributed by atoms with E-state index in [0.29, 0.717) is 5.75 Å². The minimum absolute atomic E-state index is 0.111. The van der Waals surface area contributed by atoms with Gasteiger partial charge in [0, 0.05) is 5.56 Å². The first-order valence-corrected chi connectivity index (χ1v) is 5.32. The molecule has 0 amide bonds. The Morgan fingerprint density at radius 2 is 1.88 bits per heavy atom. The average molecular weight is 218 g/mol. The lowest BCUT2D eigenvalue weighted by Crippen LogP contribution is -2.12. The third-order valence-corrected chi connectivity index (χ3v) is 2.50. The summed E-state index contributed by atoms with van der Waals surface area (Å²) in [5.74, 6) is 0.343. The van der Waals surface area contributed by atoms with Gasteiger partial charge in [-0.15, -0.1) is 0 Å². The molecule has 1 rings (SSSR count). The van der Waals surface area contributed by atoms with Gasteiger partial charge in [0.25, 0.3) is 0 Å². The van der Waals surface area contributed by atoms with Gasteiger partial charge in [-0.25, -0.2) is 0 Å². The van der Waals surface area contributed by atoms with Gasteiger partial charge in [0.15, 0.2) is 0 Å². The molecule has 2 heteroatoms. The maximum atomic E-state index is 10.3. The fraction of sp³-hybridized carbons (Fsp3) is 0.357. The van der Waals surface area contributed by atoms with Crippen LogP contribution in [0.1, 0.15) is 37.5 Å². The molecule has 1 N–H and O–H groups in total. The van der Waals surface area contributed by atoms with Gasteiger partial charge in [-0.05, 0) is 41.7 Å². The van der Waals surface area contributed by atoms with Crippen LogP contribution in [0.4, 0.5) is 0 Å². The molecule has 0 unspecified atom stereocenters. The summed E-state index contributed by atoms with van der Waals surface area (Å²) >= 11 is 0. The standard InChI is InChI=1S/C14H18O2/c1-10-8-11(6-5-7-15)9-12(13(10)16)14(2,3)4/h5-9,16H,1-4H3. The number of aldehydes is 1. The summed E-state index contributed by atoms with van der Waals surface area (Å²) in [7, 11) is 0. The fourth-order valence-electron chi connectivity index (χ4n) is 1.63. The molecule has 0 spiro atoms. The van der Waals surface area contributed by atoms with Crippen molar-refractivity contribution >= 4 is 12.4 Å². The monoisotopic (exact) mass is 218 g/mol. The molecule has 1 aromatic carbocycles. The van der Waals surface area contributed by atoms with Crippen LogP contribution in [0.15, 0.2) is 18.2 Å². The number of carbonyl (C=O) groups is 1. The van der Waals surface area contributed by atoms with Crippen molar-refractivity contribution in [1.82, 2.24) is 0 Å². The molecule has 0 saturated carbocycles. The Morgan fingerprint density at radius 3 is 2.38 bits per heavy atom. The predicted molar refractivity (Wildman–Crippen MR) is 66.6 cm³/mol. The van der Waals surface area contributed by atoms with E-state index in [1.165, 1.54) is 6.08 Å². The molecule has 0 radical (unpaired) electrons. The van der Waals surface area contributed by atoms with Crippen molar-refractivity contribution in [3.8, 4) is 5.75 Å². The van der Waals surface area contributed by atoms with Crippen molar-refractivity contribution in [2.45, 2.75) is 33.1 Å². The Kier molecular flexibility index (Phi) is 3.53. The normalized spacial score (nSPS) is 12.0. The maximum absolute atomic E-state index is 10.3. The molecule has 0 fully saturated rings. The van der Waals surface area contributed by atoms with E-state index in [0.717, 1.165) is 23.0 Å². The van der Waals surface area contributed by atoms with Crippen LogP contribution in [-0.2, 0) is 10.2 Å². The zero-order valence-corrected chi connectivity index (χ0v) is 10.2. The number of allylic oxidation sites excluding steroid dienone is 1. The van der Waals surface area contributed by atoms with Gasteiger partial charge in [0.1, 0.15) is 12.0 Å². The number of carbonyl (C=O) groups excluding carboxylic acids is 1. The second-order valence-corrected chi connectivity index (χ2v) is 4.98. The molecular formula is C14H18O2. The van der Waals surface area contributed by atoms with Gasteiger partial charge >= 0.3 is 0 Å². The minimum Gasteiger partial charge on any atom is -0.507 e. The largest absolute Gasteiger partial charge is 0.507 e.